The highest BCUT2D eigenvalue weighted by molar-refractivity contribution is 5.44. The van der Waals surface area contributed by atoms with Gasteiger partial charge in [-0.1, -0.05) is 43.3 Å². The molecule has 0 heterocycles. The lowest BCUT2D eigenvalue weighted by molar-refractivity contribution is 0.462. The predicted octanol–water partition coefficient (Wildman–Crippen LogP) is 4.47. The number of rotatable bonds is 1. The van der Waals surface area contributed by atoms with Gasteiger partial charge in [-0.2, -0.15) is 0 Å². The van der Waals surface area contributed by atoms with Crippen molar-refractivity contribution in [2.24, 2.45) is 0 Å². The van der Waals surface area contributed by atoms with Crippen LogP contribution in [0.15, 0.2) is 48.5 Å². The molecule has 0 saturated carbocycles. The fourth-order valence-corrected chi connectivity index (χ4v) is 3.18. The second-order valence-corrected chi connectivity index (χ2v) is 5.35. The number of fused-ring (bicyclic) bond motifs is 1. The van der Waals surface area contributed by atoms with Crippen LogP contribution in [0.5, 0.6) is 0 Å². The first-order valence-electron chi connectivity index (χ1n) is 6.54. The summed E-state index contributed by atoms with van der Waals surface area (Å²) in [6.45, 7) is 2.28. The molecule has 0 saturated heterocycles. The minimum Gasteiger partial charge on any atom is -0.207 e. The summed E-state index contributed by atoms with van der Waals surface area (Å²) in [4.78, 5) is 0. The summed E-state index contributed by atoms with van der Waals surface area (Å²) in [6.07, 6.45) is 3.26. The van der Waals surface area contributed by atoms with Gasteiger partial charge in [0.1, 0.15) is 5.82 Å². The fourth-order valence-electron chi connectivity index (χ4n) is 3.18. The van der Waals surface area contributed by atoms with Crippen molar-refractivity contribution in [1.29, 1.82) is 0 Å². The van der Waals surface area contributed by atoms with E-state index in [1.165, 1.54) is 16.7 Å². The predicted molar refractivity (Wildman–Crippen MR) is 72.2 cm³/mol. The van der Waals surface area contributed by atoms with Gasteiger partial charge in [0.05, 0.1) is 0 Å². The van der Waals surface area contributed by atoms with Crippen molar-refractivity contribution in [3.05, 3.63) is 71.0 Å². The van der Waals surface area contributed by atoms with Gasteiger partial charge in [0.15, 0.2) is 0 Å². The lowest BCUT2D eigenvalue weighted by Gasteiger charge is -2.36. The van der Waals surface area contributed by atoms with Gasteiger partial charge in [-0.25, -0.2) is 4.39 Å². The molecule has 0 nitrogen and oxygen atoms in total. The van der Waals surface area contributed by atoms with Crippen molar-refractivity contribution >= 4 is 0 Å². The molecule has 1 atom stereocenters. The highest BCUT2D eigenvalue weighted by Crippen LogP contribution is 2.42. The molecule has 2 aromatic rings. The maximum Gasteiger partial charge on any atom is 0.123 e. The first kappa shape index (κ1) is 11.5. The summed E-state index contributed by atoms with van der Waals surface area (Å²) in [6, 6.07) is 15.8. The van der Waals surface area contributed by atoms with Gasteiger partial charge in [-0.05, 0) is 48.1 Å². The number of hydrogen-bond acceptors (Lipinski definition) is 0. The van der Waals surface area contributed by atoms with Crippen LogP contribution in [0.3, 0.4) is 0 Å². The second-order valence-electron chi connectivity index (χ2n) is 5.35. The Labute approximate surface area is 107 Å². The Balaban J connectivity index is 2.16. The Hall–Kier alpha value is -1.63. The summed E-state index contributed by atoms with van der Waals surface area (Å²) >= 11 is 0. The average Bonchev–Trinajstić information content (AvgIpc) is 2.40. The summed E-state index contributed by atoms with van der Waals surface area (Å²) in [7, 11) is 0. The SMILES string of the molecule is CC1(c2ccccc2)CCCc2cc(F)ccc21. The molecule has 0 amide bonds. The van der Waals surface area contributed by atoms with Gasteiger partial charge in [0.25, 0.3) is 0 Å². The molecule has 1 unspecified atom stereocenters. The molecule has 0 N–H and O–H groups in total. The highest BCUT2D eigenvalue weighted by atomic mass is 19.1. The van der Waals surface area contributed by atoms with E-state index in [2.05, 4.69) is 31.2 Å². The number of hydrogen-bond donors (Lipinski definition) is 0. The largest absolute Gasteiger partial charge is 0.207 e. The van der Waals surface area contributed by atoms with Gasteiger partial charge >= 0.3 is 0 Å². The Bertz CT molecular complexity index is 559. The molecule has 1 heteroatoms. The van der Waals surface area contributed by atoms with E-state index in [9.17, 15) is 4.39 Å². The second kappa shape index (κ2) is 4.24. The molecule has 2 aromatic carbocycles. The van der Waals surface area contributed by atoms with E-state index in [1.54, 1.807) is 12.1 Å². The molecule has 0 bridgehead atoms. The van der Waals surface area contributed by atoms with E-state index in [0.717, 1.165) is 19.3 Å². The molecule has 92 valence electrons. The third-order valence-corrected chi connectivity index (χ3v) is 4.20. The fraction of sp³-hybridized carbons (Fsp3) is 0.294. The zero-order chi connectivity index (χ0) is 12.6. The molecule has 1 aliphatic rings. The van der Waals surface area contributed by atoms with E-state index in [4.69, 9.17) is 0 Å². The van der Waals surface area contributed by atoms with Crippen LogP contribution in [-0.2, 0) is 11.8 Å². The Kier molecular flexibility index (Phi) is 2.70. The summed E-state index contributed by atoms with van der Waals surface area (Å²) in [5.74, 6) is -0.119. The molecule has 0 aromatic heterocycles. The number of aryl methyl sites for hydroxylation is 1. The van der Waals surface area contributed by atoms with Crippen LogP contribution < -0.4 is 0 Å². The van der Waals surface area contributed by atoms with Gasteiger partial charge in [-0.15, -0.1) is 0 Å². The molecule has 0 aliphatic heterocycles. The molecule has 0 radical (unpaired) electrons. The van der Waals surface area contributed by atoms with Crippen molar-refractivity contribution in [3.63, 3.8) is 0 Å². The number of benzene rings is 2. The van der Waals surface area contributed by atoms with E-state index in [-0.39, 0.29) is 11.2 Å². The van der Waals surface area contributed by atoms with Crippen molar-refractivity contribution in [2.75, 3.05) is 0 Å². The van der Waals surface area contributed by atoms with Gasteiger partial charge in [0.2, 0.25) is 0 Å². The zero-order valence-electron chi connectivity index (χ0n) is 10.6. The van der Waals surface area contributed by atoms with Gasteiger partial charge in [0, 0.05) is 5.41 Å². The summed E-state index contributed by atoms with van der Waals surface area (Å²) in [5, 5.41) is 0. The first-order valence-corrected chi connectivity index (χ1v) is 6.54. The van der Waals surface area contributed by atoms with Gasteiger partial charge in [-0.3, -0.25) is 0 Å². The van der Waals surface area contributed by atoms with Crippen LogP contribution in [0, 0.1) is 5.82 Å². The zero-order valence-corrected chi connectivity index (χ0v) is 10.6. The van der Waals surface area contributed by atoms with E-state index in [0.29, 0.717) is 0 Å². The van der Waals surface area contributed by atoms with Crippen LogP contribution >= 0.6 is 0 Å². The topological polar surface area (TPSA) is 0 Å². The number of halogens is 1. The lowest BCUT2D eigenvalue weighted by atomic mass is 9.67. The van der Waals surface area contributed by atoms with Crippen LogP contribution in [0.2, 0.25) is 0 Å². The Morgan fingerprint density at radius 3 is 2.61 bits per heavy atom. The molecule has 0 fully saturated rings. The minimum atomic E-state index is -0.119. The Morgan fingerprint density at radius 1 is 1.06 bits per heavy atom. The molecule has 3 rings (SSSR count). The van der Waals surface area contributed by atoms with Crippen molar-refractivity contribution in [1.82, 2.24) is 0 Å². The van der Waals surface area contributed by atoms with Crippen LogP contribution in [0.1, 0.15) is 36.5 Å². The minimum absolute atomic E-state index is 0.0303. The maximum absolute atomic E-state index is 13.3. The smallest absolute Gasteiger partial charge is 0.123 e. The van der Waals surface area contributed by atoms with E-state index >= 15 is 0 Å². The van der Waals surface area contributed by atoms with Crippen LogP contribution in [-0.4, -0.2) is 0 Å². The molecule has 0 spiro atoms. The molecule has 1 aliphatic carbocycles. The van der Waals surface area contributed by atoms with E-state index < -0.39 is 0 Å². The normalized spacial score (nSPS) is 22.6. The molecular weight excluding hydrogens is 223 g/mol. The van der Waals surface area contributed by atoms with Crippen LogP contribution in [0.25, 0.3) is 0 Å². The van der Waals surface area contributed by atoms with Crippen molar-refractivity contribution in [2.45, 2.75) is 31.6 Å². The maximum atomic E-state index is 13.3. The first-order chi connectivity index (χ1) is 8.70. The monoisotopic (exact) mass is 240 g/mol. The van der Waals surface area contributed by atoms with Crippen molar-refractivity contribution in [3.8, 4) is 0 Å². The lowest BCUT2D eigenvalue weighted by Crippen LogP contribution is -2.28. The Morgan fingerprint density at radius 2 is 1.83 bits per heavy atom. The van der Waals surface area contributed by atoms with Gasteiger partial charge < -0.3 is 0 Å². The highest BCUT2D eigenvalue weighted by Gasteiger charge is 2.33. The van der Waals surface area contributed by atoms with E-state index in [1.807, 2.05) is 12.1 Å². The molecule has 18 heavy (non-hydrogen) atoms. The quantitative estimate of drug-likeness (QED) is 0.690. The average molecular weight is 240 g/mol. The summed E-state index contributed by atoms with van der Waals surface area (Å²) in [5.41, 5.74) is 3.83. The molecular formula is C17H17F. The third-order valence-electron chi connectivity index (χ3n) is 4.20. The summed E-state index contributed by atoms with van der Waals surface area (Å²) < 4.78 is 13.3. The van der Waals surface area contributed by atoms with Crippen molar-refractivity contribution < 1.29 is 4.39 Å². The third kappa shape index (κ3) is 1.74. The van der Waals surface area contributed by atoms with Crippen LogP contribution in [0.4, 0.5) is 4.39 Å². The standard InChI is InChI=1S/C17H17F/c1-17(14-7-3-2-4-8-14)11-5-6-13-12-15(18)9-10-16(13)17/h2-4,7-10,12H,5-6,11H2,1H3.